The summed E-state index contributed by atoms with van der Waals surface area (Å²) in [5.74, 6) is 2.44. The van der Waals surface area contributed by atoms with Crippen LogP contribution < -0.4 is 9.64 Å². The molecule has 1 saturated heterocycles. The molecule has 0 aliphatic carbocycles. The summed E-state index contributed by atoms with van der Waals surface area (Å²) in [6, 6.07) is 13.0. The van der Waals surface area contributed by atoms with E-state index in [4.69, 9.17) is 19.8 Å². The van der Waals surface area contributed by atoms with Gasteiger partial charge in [0.15, 0.2) is 5.82 Å². The number of fused-ring (bicyclic) bond motifs is 1. The fraction of sp³-hybridized carbons (Fsp3) is 0.407. The third kappa shape index (κ3) is 4.17. The van der Waals surface area contributed by atoms with Crippen molar-refractivity contribution < 1.29 is 4.74 Å². The summed E-state index contributed by atoms with van der Waals surface area (Å²) in [6.45, 7) is 5.14. The molecule has 2 aliphatic heterocycles. The van der Waals surface area contributed by atoms with E-state index in [0.29, 0.717) is 17.4 Å². The minimum Gasteiger partial charge on any atom is -0.479 e. The molecule has 1 aromatic carbocycles. The van der Waals surface area contributed by atoms with Crippen LogP contribution in [0.4, 0.5) is 5.69 Å². The van der Waals surface area contributed by atoms with E-state index in [-0.39, 0.29) is 5.92 Å². The normalized spacial score (nSPS) is 17.9. The van der Waals surface area contributed by atoms with Crippen molar-refractivity contribution in [1.29, 1.82) is 0 Å². The van der Waals surface area contributed by atoms with Crippen molar-refractivity contribution in [2.75, 3.05) is 25.1 Å². The zero-order valence-corrected chi connectivity index (χ0v) is 20.4. The van der Waals surface area contributed by atoms with Gasteiger partial charge >= 0.3 is 0 Å². The summed E-state index contributed by atoms with van der Waals surface area (Å²) in [5, 5.41) is 4.85. The highest BCUT2D eigenvalue weighted by molar-refractivity contribution is 5.56. The van der Waals surface area contributed by atoms with Crippen LogP contribution in [-0.4, -0.2) is 49.5 Å². The molecule has 0 spiro atoms. The molecule has 6 rings (SSSR count). The zero-order valence-electron chi connectivity index (χ0n) is 20.4. The van der Waals surface area contributed by atoms with E-state index in [2.05, 4.69) is 38.8 Å². The maximum atomic E-state index is 5.61. The molecule has 0 saturated carbocycles. The number of benzene rings is 1. The van der Waals surface area contributed by atoms with Gasteiger partial charge in [-0.25, -0.2) is 19.6 Å². The van der Waals surface area contributed by atoms with Crippen LogP contribution in [0.3, 0.4) is 0 Å². The standard InChI is InChI=1S/C27H31N7O/c1-19-17-33(18-28-19)24-12-11-23(29-27(24)35-2)25-30-26-22(10-7-15-34(26)31-25)20-8-6-9-21(16-20)32-13-4-3-5-14-32/h6,8-9,11-12,16-18,22H,3-5,7,10,13-15H2,1-2H3/t22-/m1/s1. The molecule has 2 aliphatic rings. The van der Waals surface area contributed by atoms with Crippen LogP contribution in [0.2, 0.25) is 0 Å². The first-order valence-electron chi connectivity index (χ1n) is 12.6. The first kappa shape index (κ1) is 21.8. The Hall–Kier alpha value is -3.68. The van der Waals surface area contributed by atoms with Crippen molar-refractivity contribution in [2.24, 2.45) is 0 Å². The van der Waals surface area contributed by atoms with Gasteiger partial charge in [-0.05, 0) is 68.9 Å². The maximum Gasteiger partial charge on any atom is 0.238 e. The molecule has 0 N–H and O–H groups in total. The summed E-state index contributed by atoms with van der Waals surface area (Å²) in [7, 11) is 1.64. The van der Waals surface area contributed by atoms with Gasteiger partial charge in [0, 0.05) is 37.4 Å². The van der Waals surface area contributed by atoms with Gasteiger partial charge in [0.25, 0.3) is 0 Å². The lowest BCUT2D eigenvalue weighted by Gasteiger charge is -2.30. The molecule has 8 heteroatoms. The summed E-state index contributed by atoms with van der Waals surface area (Å²) >= 11 is 0. The number of aryl methyl sites for hydroxylation is 2. The van der Waals surface area contributed by atoms with Crippen molar-refractivity contribution >= 4 is 5.69 Å². The molecule has 0 amide bonds. The lowest BCUT2D eigenvalue weighted by Crippen LogP contribution is -2.29. The number of hydrogen-bond donors (Lipinski definition) is 0. The highest BCUT2D eigenvalue weighted by Gasteiger charge is 2.27. The Morgan fingerprint density at radius 3 is 2.66 bits per heavy atom. The molecular weight excluding hydrogens is 438 g/mol. The van der Waals surface area contributed by atoms with Crippen LogP contribution in [0.15, 0.2) is 48.9 Å². The van der Waals surface area contributed by atoms with E-state index in [1.807, 2.05) is 29.8 Å². The fourth-order valence-corrected chi connectivity index (χ4v) is 5.32. The van der Waals surface area contributed by atoms with Crippen LogP contribution in [0.5, 0.6) is 5.88 Å². The molecule has 0 radical (unpaired) electrons. The van der Waals surface area contributed by atoms with E-state index in [1.165, 1.54) is 30.5 Å². The maximum absolute atomic E-state index is 5.61. The molecule has 1 atom stereocenters. The summed E-state index contributed by atoms with van der Waals surface area (Å²) < 4.78 is 9.59. The second-order valence-electron chi connectivity index (χ2n) is 9.50. The van der Waals surface area contributed by atoms with Crippen LogP contribution in [0.25, 0.3) is 17.2 Å². The molecule has 0 bridgehead atoms. The van der Waals surface area contributed by atoms with Gasteiger partial charge in [0.05, 0.1) is 19.1 Å². The van der Waals surface area contributed by atoms with E-state index in [1.54, 1.807) is 13.4 Å². The summed E-state index contributed by atoms with van der Waals surface area (Å²) in [4.78, 5) is 16.6. The van der Waals surface area contributed by atoms with Crippen LogP contribution >= 0.6 is 0 Å². The average molecular weight is 470 g/mol. The van der Waals surface area contributed by atoms with E-state index >= 15 is 0 Å². The second-order valence-corrected chi connectivity index (χ2v) is 9.50. The summed E-state index contributed by atoms with van der Waals surface area (Å²) in [5.41, 5.74) is 5.15. The van der Waals surface area contributed by atoms with Gasteiger partial charge in [-0.2, -0.15) is 0 Å². The highest BCUT2D eigenvalue weighted by Crippen LogP contribution is 2.35. The Morgan fingerprint density at radius 1 is 0.971 bits per heavy atom. The van der Waals surface area contributed by atoms with Crippen molar-refractivity contribution in [2.45, 2.75) is 51.5 Å². The van der Waals surface area contributed by atoms with E-state index < -0.39 is 0 Å². The first-order chi connectivity index (χ1) is 17.2. The molecule has 5 heterocycles. The number of pyridine rings is 1. The zero-order chi connectivity index (χ0) is 23.8. The van der Waals surface area contributed by atoms with Crippen molar-refractivity contribution in [3.8, 4) is 23.1 Å². The fourth-order valence-electron chi connectivity index (χ4n) is 5.32. The Kier molecular flexibility index (Phi) is 5.72. The minimum atomic E-state index is 0.241. The van der Waals surface area contributed by atoms with Gasteiger partial charge in [-0.15, -0.1) is 5.10 Å². The number of aromatic nitrogens is 6. The van der Waals surface area contributed by atoms with Gasteiger partial charge in [-0.3, -0.25) is 0 Å². The lowest BCUT2D eigenvalue weighted by molar-refractivity contribution is 0.396. The molecule has 3 aromatic heterocycles. The van der Waals surface area contributed by atoms with Gasteiger partial charge in [0.1, 0.15) is 17.2 Å². The third-order valence-corrected chi connectivity index (χ3v) is 7.12. The number of piperidine rings is 1. The molecule has 180 valence electrons. The number of imidazole rings is 1. The predicted octanol–water partition coefficient (Wildman–Crippen LogP) is 4.76. The average Bonchev–Trinajstić information content (AvgIpc) is 3.55. The number of methoxy groups -OCH3 is 1. The van der Waals surface area contributed by atoms with Gasteiger partial charge in [0.2, 0.25) is 5.88 Å². The number of rotatable bonds is 5. The van der Waals surface area contributed by atoms with Crippen LogP contribution in [0, 0.1) is 6.92 Å². The van der Waals surface area contributed by atoms with Crippen LogP contribution in [0.1, 0.15) is 55.1 Å². The molecule has 1 fully saturated rings. The molecule has 4 aromatic rings. The van der Waals surface area contributed by atoms with Crippen LogP contribution in [-0.2, 0) is 6.54 Å². The Labute approximate surface area is 205 Å². The first-order valence-corrected chi connectivity index (χ1v) is 12.6. The third-order valence-electron chi connectivity index (χ3n) is 7.12. The lowest BCUT2D eigenvalue weighted by atomic mass is 9.90. The highest BCUT2D eigenvalue weighted by atomic mass is 16.5. The number of nitrogens with zero attached hydrogens (tertiary/aromatic N) is 7. The number of anilines is 1. The predicted molar refractivity (Wildman–Crippen MR) is 135 cm³/mol. The molecule has 0 unspecified atom stereocenters. The van der Waals surface area contributed by atoms with E-state index in [0.717, 1.165) is 49.7 Å². The summed E-state index contributed by atoms with van der Waals surface area (Å²) in [6.07, 6.45) is 9.79. The van der Waals surface area contributed by atoms with Crippen molar-refractivity contribution in [1.82, 2.24) is 29.3 Å². The molecule has 35 heavy (non-hydrogen) atoms. The van der Waals surface area contributed by atoms with Gasteiger partial charge in [-0.1, -0.05) is 12.1 Å². The van der Waals surface area contributed by atoms with Crippen molar-refractivity contribution in [3.05, 3.63) is 66.0 Å². The minimum absolute atomic E-state index is 0.241. The Bertz CT molecular complexity index is 1340. The van der Waals surface area contributed by atoms with Crippen molar-refractivity contribution in [3.63, 3.8) is 0 Å². The Morgan fingerprint density at radius 2 is 1.86 bits per heavy atom. The Balaban J connectivity index is 1.32. The molecular formula is C27H31N7O. The quantitative estimate of drug-likeness (QED) is 0.420. The largest absolute Gasteiger partial charge is 0.479 e. The van der Waals surface area contributed by atoms with E-state index in [9.17, 15) is 0 Å². The number of hydrogen-bond acceptors (Lipinski definition) is 6. The monoisotopic (exact) mass is 469 g/mol. The number of ether oxygens (including phenoxy) is 1. The SMILES string of the molecule is COc1nc(-c2nc3n(n2)CCC[C@@H]3c2cccc(N3CCCCC3)c2)ccc1-n1cnc(C)c1. The van der Waals surface area contributed by atoms with Gasteiger partial charge < -0.3 is 14.2 Å². The molecule has 8 nitrogen and oxygen atoms in total. The smallest absolute Gasteiger partial charge is 0.238 e. The topological polar surface area (TPSA) is 73.9 Å². The second kappa shape index (κ2) is 9.17.